The van der Waals surface area contributed by atoms with Crippen molar-refractivity contribution in [1.29, 1.82) is 0 Å². The average molecular weight is 773 g/mol. The van der Waals surface area contributed by atoms with E-state index in [0.717, 1.165) is 0 Å². The van der Waals surface area contributed by atoms with Crippen LogP contribution >= 0.6 is 0 Å². The minimum atomic E-state index is -1.81. The number of aliphatic hydroxyl groups excluding tert-OH is 3. The van der Waals surface area contributed by atoms with Crippen LogP contribution in [0.25, 0.3) is 0 Å². The fraction of sp³-hybridized carbons (Fsp3) is 0.925. The van der Waals surface area contributed by atoms with Gasteiger partial charge in [0, 0.05) is 44.5 Å². The lowest BCUT2D eigenvalue weighted by atomic mass is 9.77. The summed E-state index contributed by atoms with van der Waals surface area (Å²) in [7, 11) is 3.39. The summed E-state index contributed by atoms with van der Waals surface area (Å²) < 4.78 is 37.6. The van der Waals surface area contributed by atoms with E-state index in [-0.39, 0.29) is 37.3 Å². The first-order chi connectivity index (χ1) is 25.0. The Morgan fingerprint density at radius 3 is 2.24 bits per heavy atom. The summed E-state index contributed by atoms with van der Waals surface area (Å²) >= 11 is 0. The second kappa shape index (κ2) is 19.3. The zero-order valence-electron chi connectivity index (χ0n) is 34.7. The average Bonchev–Trinajstić information content (AvgIpc) is 3.11. The van der Waals surface area contributed by atoms with Gasteiger partial charge in [-0.15, -0.1) is 12.3 Å². The van der Waals surface area contributed by atoms with E-state index in [9.17, 15) is 30.3 Å². The summed E-state index contributed by atoms with van der Waals surface area (Å²) in [4.78, 5) is 16.2. The Hall–Kier alpha value is -1.45. The SMILES string of the molecule is C#CCCN(C)[C@H]1C[C@@H](C)O[C@@H](O[C@@H]2[C@@H](C)[C@H](O[C@H]3C[C@@](C)(OC)[C@@H](O)[C@H](C)O3)[C@@H](C)C(=O)O[C@H](CC)[C@@](C)(O)[C@H](O)[C@@H](C)NC[C@H](C)C[C@@]2(C)O)[C@@H]1O. The van der Waals surface area contributed by atoms with Gasteiger partial charge in [0.15, 0.2) is 12.6 Å². The van der Waals surface area contributed by atoms with Crippen molar-refractivity contribution in [3.05, 3.63) is 0 Å². The van der Waals surface area contributed by atoms with Gasteiger partial charge in [0.05, 0.1) is 41.5 Å². The van der Waals surface area contributed by atoms with Crippen molar-refractivity contribution < 1.29 is 58.7 Å². The number of carbonyl (C=O) groups is 1. The molecule has 14 nitrogen and oxygen atoms in total. The molecule has 0 radical (unpaired) electrons. The molecule has 0 spiro atoms. The van der Waals surface area contributed by atoms with E-state index in [1.807, 2.05) is 25.8 Å². The van der Waals surface area contributed by atoms with Gasteiger partial charge >= 0.3 is 5.97 Å². The van der Waals surface area contributed by atoms with Crippen molar-refractivity contribution in [2.75, 3.05) is 27.2 Å². The van der Waals surface area contributed by atoms with Crippen LogP contribution in [0.2, 0.25) is 0 Å². The summed E-state index contributed by atoms with van der Waals surface area (Å²) in [6.07, 6.45) is -2.56. The van der Waals surface area contributed by atoms with Crippen LogP contribution in [0.3, 0.4) is 0 Å². The third kappa shape index (κ3) is 10.9. The van der Waals surface area contributed by atoms with E-state index in [0.29, 0.717) is 25.9 Å². The molecule has 3 fully saturated rings. The second-order valence-corrected chi connectivity index (χ2v) is 17.2. The Kier molecular flexibility index (Phi) is 16.8. The van der Waals surface area contributed by atoms with E-state index in [1.165, 1.54) is 14.0 Å². The van der Waals surface area contributed by atoms with Crippen LogP contribution in [0.5, 0.6) is 0 Å². The Morgan fingerprint density at radius 1 is 1.00 bits per heavy atom. The Labute approximate surface area is 323 Å². The van der Waals surface area contributed by atoms with Crippen LogP contribution in [-0.4, -0.2) is 154 Å². The molecule has 0 aromatic rings. The minimum Gasteiger partial charge on any atom is -0.459 e. The maximum atomic E-state index is 14.2. The number of ether oxygens (including phenoxy) is 6. The number of hydrogen-bond donors (Lipinski definition) is 6. The van der Waals surface area contributed by atoms with Crippen molar-refractivity contribution >= 4 is 5.97 Å². The lowest BCUT2D eigenvalue weighted by molar-refractivity contribution is -0.318. The standard InChI is InChI=1S/C40H72N2O12/c1-14-16-17-42(12)28-18-23(4)50-37(31(28)43)54-35-24(5)32(53-30-20-39(10,49-13)34(45)27(8)51-30)25(6)36(46)52-29(15-2)40(11,48)33(44)26(7)41-21-22(3)19-38(35,9)47/h1,22-35,37,41,43-45,47-48H,15-21H2,2-13H3/t22-,23-,24+,25-,26-,27+,28+,29-,30+,31-,32+,33-,34+,35-,37+,38-,39-,40-/m1/s1. The molecule has 3 saturated heterocycles. The molecule has 3 aliphatic heterocycles. The predicted octanol–water partition coefficient (Wildman–Crippen LogP) is 1.95. The van der Waals surface area contributed by atoms with Gasteiger partial charge < -0.3 is 59.3 Å². The van der Waals surface area contributed by atoms with Gasteiger partial charge in [-0.05, 0) is 87.2 Å². The topological polar surface area (TPSA) is 189 Å². The lowest BCUT2D eigenvalue weighted by Gasteiger charge is -2.49. The summed E-state index contributed by atoms with van der Waals surface area (Å²) in [6.45, 7) is 18.3. The van der Waals surface area contributed by atoms with Crippen LogP contribution in [-0.2, 0) is 33.2 Å². The molecule has 314 valence electrons. The third-order valence-electron chi connectivity index (χ3n) is 12.2. The monoisotopic (exact) mass is 773 g/mol. The number of methoxy groups -OCH3 is 1. The van der Waals surface area contributed by atoms with Crippen LogP contribution in [0.4, 0.5) is 0 Å². The number of nitrogens with one attached hydrogen (secondary N) is 1. The van der Waals surface area contributed by atoms with Crippen molar-refractivity contribution in [3.63, 3.8) is 0 Å². The van der Waals surface area contributed by atoms with Gasteiger partial charge in [0.2, 0.25) is 0 Å². The van der Waals surface area contributed by atoms with E-state index in [4.69, 9.17) is 34.8 Å². The minimum absolute atomic E-state index is 0.120. The highest BCUT2D eigenvalue weighted by Gasteiger charge is 2.52. The molecule has 3 rings (SSSR count). The lowest BCUT2D eigenvalue weighted by Crippen LogP contribution is -2.60. The zero-order chi connectivity index (χ0) is 40.9. The number of likely N-dealkylation sites (N-methyl/N-ethyl adjacent to an activating group) is 1. The van der Waals surface area contributed by atoms with Gasteiger partial charge in [-0.1, -0.05) is 20.8 Å². The van der Waals surface area contributed by atoms with Crippen molar-refractivity contribution in [1.82, 2.24) is 10.2 Å². The molecule has 0 aromatic heterocycles. The molecule has 54 heavy (non-hydrogen) atoms. The van der Waals surface area contributed by atoms with Gasteiger partial charge in [0.25, 0.3) is 0 Å². The first-order valence-corrected chi connectivity index (χ1v) is 19.8. The van der Waals surface area contributed by atoms with Crippen LogP contribution in [0.15, 0.2) is 0 Å². The number of aliphatic hydroxyl groups is 5. The summed E-state index contributed by atoms with van der Waals surface area (Å²) in [5, 5.41) is 61.4. The number of cyclic esters (lactones) is 1. The quantitative estimate of drug-likeness (QED) is 0.147. The van der Waals surface area contributed by atoms with E-state index in [1.54, 1.807) is 48.5 Å². The highest BCUT2D eigenvalue weighted by atomic mass is 16.7. The molecule has 0 aromatic carbocycles. The molecule has 3 aliphatic rings. The van der Waals surface area contributed by atoms with Crippen molar-refractivity contribution in [3.8, 4) is 12.3 Å². The van der Waals surface area contributed by atoms with E-state index in [2.05, 4.69) is 11.2 Å². The Morgan fingerprint density at radius 2 is 1.65 bits per heavy atom. The fourth-order valence-corrected chi connectivity index (χ4v) is 8.69. The highest BCUT2D eigenvalue weighted by molar-refractivity contribution is 5.73. The van der Waals surface area contributed by atoms with Gasteiger partial charge in [-0.2, -0.15) is 0 Å². The van der Waals surface area contributed by atoms with Crippen molar-refractivity contribution in [2.45, 2.75) is 192 Å². The van der Waals surface area contributed by atoms with Gasteiger partial charge in [0.1, 0.15) is 30.0 Å². The molecule has 0 amide bonds. The molecular formula is C40H72N2O12. The molecule has 0 aliphatic carbocycles. The maximum Gasteiger partial charge on any atom is 0.311 e. The Balaban J connectivity index is 2.15. The van der Waals surface area contributed by atoms with Crippen LogP contribution in [0, 0.1) is 30.1 Å². The fourth-order valence-electron chi connectivity index (χ4n) is 8.69. The number of carbonyl (C=O) groups excluding carboxylic acids is 1. The van der Waals surface area contributed by atoms with Gasteiger partial charge in [-0.25, -0.2) is 0 Å². The molecular weight excluding hydrogens is 700 g/mol. The van der Waals surface area contributed by atoms with Crippen LogP contribution in [0.1, 0.15) is 101 Å². The maximum absolute atomic E-state index is 14.2. The molecule has 0 saturated carbocycles. The van der Waals surface area contributed by atoms with E-state index >= 15 is 0 Å². The molecule has 0 bridgehead atoms. The van der Waals surface area contributed by atoms with Crippen molar-refractivity contribution in [2.24, 2.45) is 17.8 Å². The smallest absolute Gasteiger partial charge is 0.311 e. The first kappa shape index (κ1) is 46.9. The summed E-state index contributed by atoms with van der Waals surface area (Å²) in [5.74, 6) is -0.0350. The first-order valence-electron chi connectivity index (χ1n) is 19.8. The predicted molar refractivity (Wildman–Crippen MR) is 202 cm³/mol. The zero-order valence-corrected chi connectivity index (χ0v) is 34.7. The summed E-state index contributed by atoms with van der Waals surface area (Å²) in [6, 6.07) is -0.947. The third-order valence-corrected chi connectivity index (χ3v) is 12.2. The second-order valence-electron chi connectivity index (χ2n) is 17.2. The molecule has 0 unspecified atom stereocenters. The number of hydrogen-bond acceptors (Lipinski definition) is 14. The number of esters is 1. The molecule has 18 atom stereocenters. The number of terminal acetylenes is 1. The molecule has 6 N–H and O–H groups in total. The van der Waals surface area contributed by atoms with Crippen LogP contribution < -0.4 is 5.32 Å². The van der Waals surface area contributed by atoms with Gasteiger partial charge in [-0.3, -0.25) is 9.69 Å². The normalized spacial score (nSPS) is 47.6. The molecule has 3 heterocycles. The summed E-state index contributed by atoms with van der Waals surface area (Å²) in [5.41, 5.74) is -4.43. The Bertz CT molecular complexity index is 1230. The number of nitrogens with zero attached hydrogens (tertiary/aromatic N) is 1. The molecule has 14 heteroatoms. The number of rotatable bonds is 9. The largest absolute Gasteiger partial charge is 0.459 e. The van der Waals surface area contributed by atoms with E-state index < -0.39 is 96.0 Å². The highest BCUT2D eigenvalue weighted by Crippen LogP contribution is 2.40.